The standard InChI is InChI=1S/C11H12N2O2.Au/c12-9(11(14)15)5-7-6-13-10-4-2-1-3-8(7)10;/h1-4,6,9,13H,5,12H2,(H,14,15);/t9-;/m0./s1. The van der Waals surface area contributed by atoms with Crippen LogP contribution in [0.1, 0.15) is 5.56 Å². The second-order valence-electron chi connectivity index (χ2n) is 3.51. The Labute approximate surface area is 108 Å². The van der Waals surface area contributed by atoms with Crippen LogP contribution in [-0.4, -0.2) is 22.1 Å². The molecule has 4 nitrogen and oxygen atoms in total. The maximum absolute atomic E-state index is 10.6. The molecule has 89 valence electrons. The van der Waals surface area contributed by atoms with E-state index in [-0.39, 0.29) is 22.4 Å². The predicted molar refractivity (Wildman–Crippen MR) is 57.6 cm³/mol. The van der Waals surface area contributed by atoms with E-state index in [1.165, 1.54) is 0 Å². The van der Waals surface area contributed by atoms with E-state index < -0.39 is 12.0 Å². The van der Waals surface area contributed by atoms with Gasteiger partial charge in [-0.2, -0.15) is 0 Å². The SMILES string of the molecule is N[C@@H](Cc1c[nH]c2ccccc12)C(=O)O.[Au]. The number of carboxylic acids is 1. The number of carboxylic acid groups (broad SMARTS) is 1. The van der Waals surface area contributed by atoms with E-state index in [2.05, 4.69) is 4.98 Å². The molecule has 4 N–H and O–H groups in total. The Morgan fingerprint density at radius 1 is 1.44 bits per heavy atom. The van der Waals surface area contributed by atoms with Crippen LogP contribution in [0.15, 0.2) is 30.5 Å². The number of H-pyrrole nitrogens is 1. The van der Waals surface area contributed by atoms with Crippen LogP contribution in [0.5, 0.6) is 0 Å². The van der Waals surface area contributed by atoms with Gasteiger partial charge < -0.3 is 15.8 Å². The molecule has 2 aromatic rings. The number of aliphatic carboxylic acids is 1. The van der Waals surface area contributed by atoms with Crippen molar-refractivity contribution in [1.82, 2.24) is 4.98 Å². The molecule has 0 aliphatic carbocycles. The number of nitrogens with two attached hydrogens (primary N) is 1. The van der Waals surface area contributed by atoms with Gasteiger partial charge in [-0.25, -0.2) is 0 Å². The molecule has 16 heavy (non-hydrogen) atoms. The molecule has 1 aromatic carbocycles. The third-order valence-corrected chi connectivity index (χ3v) is 2.43. The second kappa shape index (κ2) is 5.32. The molecular weight excluding hydrogens is 389 g/mol. The van der Waals surface area contributed by atoms with E-state index in [0.717, 1.165) is 16.5 Å². The third kappa shape index (κ3) is 2.54. The molecule has 5 heteroatoms. The Morgan fingerprint density at radius 2 is 2.12 bits per heavy atom. The summed E-state index contributed by atoms with van der Waals surface area (Å²) >= 11 is 0. The number of para-hydroxylation sites is 1. The number of rotatable bonds is 3. The van der Waals surface area contributed by atoms with Gasteiger partial charge in [0.05, 0.1) is 0 Å². The van der Waals surface area contributed by atoms with Crippen molar-refractivity contribution in [2.75, 3.05) is 0 Å². The van der Waals surface area contributed by atoms with Crippen LogP contribution in [-0.2, 0) is 33.6 Å². The fraction of sp³-hybridized carbons (Fsp3) is 0.182. The fourth-order valence-corrected chi connectivity index (χ4v) is 1.62. The van der Waals surface area contributed by atoms with Crippen molar-refractivity contribution < 1.29 is 32.3 Å². The Morgan fingerprint density at radius 3 is 2.81 bits per heavy atom. The monoisotopic (exact) mass is 401 g/mol. The number of carbonyl (C=O) groups is 1. The summed E-state index contributed by atoms with van der Waals surface area (Å²) in [6.45, 7) is 0. The Hall–Kier alpha value is -1.07. The molecule has 1 atom stereocenters. The zero-order chi connectivity index (χ0) is 10.8. The van der Waals surface area contributed by atoms with Gasteiger partial charge in [-0.05, 0) is 11.6 Å². The van der Waals surface area contributed by atoms with E-state index in [4.69, 9.17) is 10.8 Å². The molecule has 0 unspecified atom stereocenters. The van der Waals surface area contributed by atoms with Crippen molar-refractivity contribution in [3.8, 4) is 0 Å². The molecule has 0 saturated carbocycles. The van der Waals surface area contributed by atoms with Gasteiger partial charge in [0.15, 0.2) is 0 Å². The second-order valence-corrected chi connectivity index (χ2v) is 3.51. The molecule has 1 radical (unpaired) electrons. The molecule has 2 rings (SSSR count). The zero-order valence-corrected chi connectivity index (χ0v) is 10.6. The minimum atomic E-state index is -0.972. The summed E-state index contributed by atoms with van der Waals surface area (Å²) in [7, 11) is 0. The summed E-state index contributed by atoms with van der Waals surface area (Å²) < 4.78 is 0. The first kappa shape index (κ1) is 13.0. The summed E-state index contributed by atoms with van der Waals surface area (Å²) in [4.78, 5) is 13.7. The third-order valence-electron chi connectivity index (χ3n) is 2.43. The topological polar surface area (TPSA) is 79.1 Å². The predicted octanol–water partition coefficient (Wildman–Crippen LogP) is 1.12. The van der Waals surface area contributed by atoms with Crippen molar-refractivity contribution >= 4 is 16.9 Å². The van der Waals surface area contributed by atoms with Gasteiger partial charge >= 0.3 is 5.97 Å². The number of hydrogen-bond donors (Lipinski definition) is 3. The summed E-state index contributed by atoms with van der Waals surface area (Å²) in [6.07, 6.45) is 2.16. The molecule has 0 spiro atoms. The van der Waals surface area contributed by atoms with E-state index in [1.54, 1.807) is 0 Å². The quantitative estimate of drug-likeness (QED) is 0.675. The van der Waals surface area contributed by atoms with E-state index in [1.807, 2.05) is 30.5 Å². The number of aromatic nitrogens is 1. The minimum absolute atomic E-state index is 0. The number of hydrogen-bond acceptors (Lipinski definition) is 2. The number of benzene rings is 1. The molecular formula is C11H12AuN2O2. The first-order valence-corrected chi connectivity index (χ1v) is 4.72. The fourth-order valence-electron chi connectivity index (χ4n) is 1.62. The van der Waals surface area contributed by atoms with Crippen LogP contribution in [0, 0.1) is 0 Å². The first-order valence-electron chi connectivity index (χ1n) is 4.72. The maximum Gasteiger partial charge on any atom is 0.320 e. The molecule has 0 bridgehead atoms. The van der Waals surface area contributed by atoms with Crippen molar-refractivity contribution in [2.45, 2.75) is 12.5 Å². The van der Waals surface area contributed by atoms with Crippen molar-refractivity contribution in [1.29, 1.82) is 0 Å². The van der Waals surface area contributed by atoms with Crippen molar-refractivity contribution in [2.24, 2.45) is 5.73 Å². The average molecular weight is 401 g/mol. The number of fused-ring (bicyclic) bond motifs is 1. The minimum Gasteiger partial charge on any atom is -0.480 e. The van der Waals surface area contributed by atoms with Gasteiger partial charge in [0.1, 0.15) is 6.04 Å². The summed E-state index contributed by atoms with van der Waals surface area (Å²) in [5.41, 5.74) is 7.43. The smallest absolute Gasteiger partial charge is 0.320 e. The van der Waals surface area contributed by atoms with Crippen LogP contribution in [0.3, 0.4) is 0 Å². The Bertz CT molecular complexity index is 495. The maximum atomic E-state index is 10.6. The van der Waals surface area contributed by atoms with E-state index >= 15 is 0 Å². The van der Waals surface area contributed by atoms with Crippen LogP contribution in [0.2, 0.25) is 0 Å². The average Bonchev–Trinajstić information content (AvgIpc) is 2.62. The van der Waals surface area contributed by atoms with E-state index in [9.17, 15) is 4.79 Å². The van der Waals surface area contributed by atoms with Crippen molar-refractivity contribution in [3.63, 3.8) is 0 Å². The normalized spacial score (nSPS) is 12.1. The number of aromatic amines is 1. The van der Waals surface area contributed by atoms with Crippen LogP contribution >= 0.6 is 0 Å². The van der Waals surface area contributed by atoms with Gasteiger partial charge in [-0.1, -0.05) is 18.2 Å². The molecule has 1 heterocycles. The Balaban J connectivity index is 0.00000128. The zero-order valence-electron chi connectivity index (χ0n) is 8.41. The summed E-state index contributed by atoms with van der Waals surface area (Å²) in [5.74, 6) is -0.972. The molecule has 0 amide bonds. The molecule has 0 fully saturated rings. The van der Waals surface area contributed by atoms with Crippen LogP contribution < -0.4 is 5.73 Å². The first-order chi connectivity index (χ1) is 7.18. The van der Waals surface area contributed by atoms with Gasteiger partial charge in [0, 0.05) is 45.9 Å². The van der Waals surface area contributed by atoms with Gasteiger partial charge in [0.2, 0.25) is 0 Å². The summed E-state index contributed by atoms with van der Waals surface area (Å²) in [5, 5.41) is 9.75. The largest absolute Gasteiger partial charge is 0.480 e. The van der Waals surface area contributed by atoms with Crippen molar-refractivity contribution in [3.05, 3.63) is 36.0 Å². The number of nitrogens with one attached hydrogen (secondary N) is 1. The Kier molecular flexibility index (Phi) is 4.32. The molecule has 0 saturated heterocycles. The van der Waals surface area contributed by atoms with Gasteiger partial charge in [0.25, 0.3) is 0 Å². The molecule has 0 aliphatic rings. The van der Waals surface area contributed by atoms with Gasteiger partial charge in [-0.15, -0.1) is 0 Å². The molecule has 0 aliphatic heterocycles. The molecule has 1 aromatic heterocycles. The van der Waals surface area contributed by atoms with E-state index in [0.29, 0.717) is 6.42 Å². The van der Waals surface area contributed by atoms with Crippen LogP contribution in [0.25, 0.3) is 10.9 Å². The van der Waals surface area contributed by atoms with Crippen LogP contribution in [0.4, 0.5) is 0 Å². The summed E-state index contributed by atoms with van der Waals surface area (Å²) in [6, 6.07) is 6.91. The van der Waals surface area contributed by atoms with Gasteiger partial charge in [-0.3, -0.25) is 4.79 Å².